The zero-order valence-electron chi connectivity index (χ0n) is 79.8. The summed E-state index contributed by atoms with van der Waals surface area (Å²) >= 11 is 0. The van der Waals surface area contributed by atoms with Crippen LogP contribution in [0.1, 0.15) is 177 Å². The predicted molar refractivity (Wildman–Crippen MR) is 566 cm³/mol. The van der Waals surface area contributed by atoms with Crippen LogP contribution >= 0.6 is 0 Å². The van der Waals surface area contributed by atoms with E-state index in [1.54, 1.807) is 0 Å². The molecular formula is C124H118B2N6. The molecule has 0 saturated carbocycles. The minimum Gasteiger partial charge on any atom is -0.311 e. The minimum absolute atomic E-state index is 0.0149. The summed E-state index contributed by atoms with van der Waals surface area (Å²) in [6.45, 7) is 40.7. The van der Waals surface area contributed by atoms with Crippen LogP contribution in [0.25, 0.3) is 22.3 Å². The van der Waals surface area contributed by atoms with E-state index in [9.17, 15) is 0 Å². The fraction of sp³-hybridized carbons (Fsp3) is 0.226. The number of benzene rings is 16. The molecule has 0 radical (unpaired) electrons. The Morgan fingerprint density at radius 1 is 0.265 bits per heavy atom. The smallest absolute Gasteiger partial charge is 0.252 e. The fourth-order valence-corrected chi connectivity index (χ4v) is 23.3. The minimum atomic E-state index is -0.293. The lowest BCUT2D eigenvalue weighted by molar-refractivity contribution is 0.310. The van der Waals surface area contributed by atoms with E-state index in [1.165, 1.54) is 179 Å². The van der Waals surface area contributed by atoms with Crippen molar-refractivity contribution in [1.29, 1.82) is 0 Å². The highest BCUT2D eigenvalue weighted by atomic mass is 15.2. The number of nitrogens with zero attached hydrogens (tertiary/aromatic N) is 6. The second kappa shape index (κ2) is 31.3. The molecule has 0 spiro atoms. The molecule has 6 aliphatic rings. The van der Waals surface area contributed by atoms with Crippen molar-refractivity contribution >= 4 is 149 Å². The van der Waals surface area contributed by atoms with E-state index < -0.39 is 0 Å². The van der Waals surface area contributed by atoms with Gasteiger partial charge in [0.25, 0.3) is 13.4 Å². The van der Waals surface area contributed by atoms with Gasteiger partial charge in [-0.3, -0.25) is 0 Å². The van der Waals surface area contributed by atoms with Gasteiger partial charge in [0.1, 0.15) is 0 Å². The van der Waals surface area contributed by atoms with Crippen molar-refractivity contribution in [3.63, 3.8) is 0 Å². The second-order valence-electron chi connectivity index (χ2n) is 43.1. The van der Waals surface area contributed by atoms with Crippen LogP contribution in [0.3, 0.4) is 0 Å². The maximum absolute atomic E-state index is 2.72. The Balaban J connectivity index is 0.710. The third-order valence-electron chi connectivity index (χ3n) is 30.6. The Labute approximate surface area is 784 Å². The van der Waals surface area contributed by atoms with Crippen LogP contribution < -0.4 is 62.2 Å². The number of fused-ring (bicyclic) bond motifs is 10. The molecule has 0 bridgehead atoms. The van der Waals surface area contributed by atoms with Crippen LogP contribution in [-0.2, 0) is 38.9 Å². The molecular weight excluding hydrogens is 1600 g/mol. The third-order valence-corrected chi connectivity index (χ3v) is 30.6. The van der Waals surface area contributed by atoms with Gasteiger partial charge in [0.05, 0.1) is 0 Å². The molecule has 4 aliphatic heterocycles. The first-order chi connectivity index (χ1) is 63.4. The lowest BCUT2D eigenvalue weighted by Gasteiger charge is -2.47. The number of hydrogen-bond donors (Lipinski definition) is 0. The van der Waals surface area contributed by atoms with Gasteiger partial charge in [-0.2, -0.15) is 0 Å². The Morgan fingerprint density at radius 3 is 1.21 bits per heavy atom. The molecule has 4 heterocycles. The van der Waals surface area contributed by atoms with Gasteiger partial charge in [0.2, 0.25) is 0 Å². The molecule has 0 N–H and O–H groups in total. The summed E-state index contributed by atoms with van der Waals surface area (Å²) in [6, 6.07) is 133. The molecule has 0 saturated heterocycles. The Bertz CT molecular complexity index is 7230. The lowest BCUT2D eigenvalue weighted by Crippen LogP contribution is -2.61. The van der Waals surface area contributed by atoms with Crippen molar-refractivity contribution in [2.24, 2.45) is 0 Å². The maximum Gasteiger partial charge on any atom is 0.252 e. The molecule has 16 aromatic carbocycles. The van der Waals surface area contributed by atoms with E-state index >= 15 is 0 Å². The number of rotatable bonds is 14. The Kier molecular flexibility index (Phi) is 19.9. The quantitative estimate of drug-likeness (QED) is 0.100. The lowest BCUT2D eigenvalue weighted by atomic mass is 9.33. The zero-order valence-corrected chi connectivity index (χ0v) is 79.8. The predicted octanol–water partition coefficient (Wildman–Crippen LogP) is 29.9. The van der Waals surface area contributed by atoms with Crippen molar-refractivity contribution in [1.82, 2.24) is 0 Å². The molecule has 0 aromatic heterocycles. The van der Waals surface area contributed by atoms with Gasteiger partial charge >= 0.3 is 0 Å². The van der Waals surface area contributed by atoms with E-state index in [2.05, 4.69) is 493 Å². The first-order valence-electron chi connectivity index (χ1n) is 48.0. The average Bonchev–Trinajstić information content (AvgIpc) is 0.693. The van der Waals surface area contributed by atoms with Gasteiger partial charge < -0.3 is 29.4 Å². The van der Waals surface area contributed by atoms with E-state index in [0.29, 0.717) is 0 Å². The third kappa shape index (κ3) is 14.1. The Hall–Kier alpha value is -13.6. The van der Waals surface area contributed by atoms with Crippen molar-refractivity contribution < 1.29 is 0 Å². The molecule has 16 aromatic rings. The van der Waals surface area contributed by atoms with Crippen LogP contribution in [0, 0.1) is 27.7 Å². The van der Waals surface area contributed by atoms with Crippen LogP contribution in [0.4, 0.5) is 102 Å². The number of aryl methyl sites for hydroxylation is 4. The highest BCUT2D eigenvalue weighted by molar-refractivity contribution is 7.01. The molecule has 22 rings (SSSR count). The number of para-hydroxylation sites is 3. The maximum atomic E-state index is 2.72. The van der Waals surface area contributed by atoms with Gasteiger partial charge in [-0.25, -0.2) is 0 Å². The highest BCUT2D eigenvalue weighted by Crippen LogP contribution is 2.57. The molecule has 0 fully saturated rings. The molecule has 0 amide bonds. The summed E-state index contributed by atoms with van der Waals surface area (Å²) in [7, 11) is 0. The van der Waals surface area contributed by atoms with Crippen molar-refractivity contribution in [2.45, 2.75) is 182 Å². The van der Waals surface area contributed by atoms with Gasteiger partial charge in [-0.1, -0.05) is 290 Å². The number of hydrogen-bond acceptors (Lipinski definition) is 6. The SMILES string of the molecule is Cc1cc2c3c(c1)N(c1ccc4c(c1)C(C)(C)CCC4(C)C)c1cc(N(c4ccccc4)c4cccc(CC5(C)CCC(C)(C)c6cc(C)c(N7c8cc(N(c9ccccc9)c9ccccc9)ccc8B8c9cc(C(C)(C)C)ccc9N(c9ccc(C(C)(C)C)cc9C)c9cc(C)cc7c98)cc65)c4)ccc1B3c1cc(-c3ccccc3)ccc1N2c1ccc(-c2ccccc2)cc1. The Morgan fingerprint density at radius 2 is 0.667 bits per heavy atom. The molecule has 2 aliphatic carbocycles. The van der Waals surface area contributed by atoms with E-state index in [4.69, 9.17) is 0 Å². The van der Waals surface area contributed by atoms with Crippen molar-refractivity contribution in [2.75, 3.05) is 29.4 Å². The first-order valence-corrected chi connectivity index (χ1v) is 48.0. The van der Waals surface area contributed by atoms with E-state index in [0.717, 1.165) is 71.9 Å². The van der Waals surface area contributed by atoms with Crippen LogP contribution in [0.2, 0.25) is 0 Å². The van der Waals surface area contributed by atoms with Crippen LogP contribution in [0.5, 0.6) is 0 Å². The monoisotopic (exact) mass is 1710 g/mol. The number of anilines is 18. The van der Waals surface area contributed by atoms with Crippen molar-refractivity contribution in [3.8, 4) is 22.3 Å². The summed E-state index contributed by atoms with van der Waals surface area (Å²) in [5.74, 6) is 0. The zero-order chi connectivity index (χ0) is 91.0. The van der Waals surface area contributed by atoms with E-state index in [1.807, 2.05) is 0 Å². The molecule has 6 nitrogen and oxygen atoms in total. The fourth-order valence-electron chi connectivity index (χ4n) is 23.3. The summed E-state index contributed by atoms with van der Waals surface area (Å²) in [6.07, 6.45) is 5.16. The topological polar surface area (TPSA) is 19.4 Å². The van der Waals surface area contributed by atoms with Gasteiger partial charge in [0, 0.05) is 102 Å². The molecule has 132 heavy (non-hydrogen) atoms. The largest absolute Gasteiger partial charge is 0.311 e. The van der Waals surface area contributed by atoms with Crippen molar-refractivity contribution in [3.05, 3.63) is 407 Å². The molecule has 1 unspecified atom stereocenters. The summed E-state index contributed by atoms with van der Waals surface area (Å²) < 4.78 is 0. The molecule has 650 valence electrons. The second-order valence-corrected chi connectivity index (χ2v) is 43.1. The molecule has 8 heteroatoms. The van der Waals surface area contributed by atoms with Gasteiger partial charge in [-0.05, 0) is 354 Å². The molecule has 1 atom stereocenters. The van der Waals surface area contributed by atoms with Gasteiger partial charge in [-0.15, -0.1) is 0 Å². The van der Waals surface area contributed by atoms with Gasteiger partial charge in [0.15, 0.2) is 0 Å². The van der Waals surface area contributed by atoms with Crippen LogP contribution in [0.15, 0.2) is 346 Å². The highest BCUT2D eigenvalue weighted by Gasteiger charge is 2.50. The van der Waals surface area contributed by atoms with Crippen LogP contribution in [-0.4, -0.2) is 13.4 Å². The first kappa shape index (κ1) is 84.0. The van der Waals surface area contributed by atoms with E-state index in [-0.39, 0.29) is 45.9 Å². The standard InChI is InChI=1S/C124H118B2N6/c1-80-66-113-117-114(67-80)130(96-53-56-99-101(75-96)122(13,14)63-62-121(99,11)12)111-76-98(55-57-103(111)125(117)105-73-88(86-37-25-19-26-38-86)48-59-108(105)129(113)94-51-46-87(47-52-94)85-35-23-18-24-36-85)128(93-43-31-22-32-44-93)95-45-33-34-84(72-95)79-124(17)65-64-123(15,16)100-71-83(4)110(78-102(100)124)132-112-77-97(127(91-39-27-20-28-40-91)92-41-29-21-30-42-92)54-58-104(112)126-106-74-90(120(8,9)10)50-61-109(106)131(115-68-81(2)69-116(132)118(115)126)107-60-49-89(70-82(107)3)119(5,6)7/h18-61,66-78H,62-65,79H2,1-17H3. The average molecular weight is 1710 g/mol. The summed E-state index contributed by atoms with van der Waals surface area (Å²) in [5.41, 5.74) is 47.8. The summed E-state index contributed by atoms with van der Waals surface area (Å²) in [5, 5.41) is 0. The normalized spacial score (nSPS) is 16.2. The summed E-state index contributed by atoms with van der Waals surface area (Å²) in [4.78, 5) is 15.6.